The monoisotopic (exact) mass is 613 g/mol. The van der Waals surface area contributed by atoms with Crippen molar-refractivity contribution >= 4 is 27.5 Å². The van der Waals surface area contributed by atoms with Gasteiger partial charge in [0, 0.05) is 13.1 Å². The third-order valence-corrected chi connectivity index (χ3v) is 8.63. The number of halogens is 1. The van der Waals surface area contributed by atoms with E-state index in [1.54, 1.807) is 38.3 Å². The van der Waals surface area contributed by atoms with Crippen LogP contribution in [0.3, 0.4) is 0 Å². The number of sulfonamides is 1. The van der Waals surface area contributed by atoms with Crippen molar-refractivity contribution in [2.45, 2.75) is 57.5 Å². The summed E-state index contributed by atoms with van der Waals surface area (Å²) in [5.41, 5.74) is 0.838. The van der Waals surface area contributed by atoms with Gasteiger partial charge in [-0.1, -0.05) is 32.4 Å². The molecule has 3 aromatic rings. The topological polar surface area (TPSA) is 105 Å². The molecule has 0 radical (unpaired) electrons. The number of hydrogen-bond acceptors (Lipinski definition) is 6. The molecule has 0 heterocycles. The molecule has 3 aromatic carbocycles. The number of carbonyl (C=O) groups is 2. The highest BCUT2D eigenvalue weighted by Crippen LogP contribution is 2.27. The fraction of sp³-hybridized carbons (Fsp3) is 0.375. The molecule has 0 aliphatic rings. The maximum Gasteiger partial charge on any atom is 0.264 e. The minimum atomic E-state index is -4.29. The summed E-state index contributed by atoms with van der Waals surface area (Å²) in [5.74, 6) is -0.330. The molecule has 0 saturated carbocycles. The number of amides is 2. The summed E-state index contributed by atoms with van der Waals surface area (Å²) >= 11 is 0. The molecule has 43 heavy (non-hydrogen) atoms. The number of carbonyl (C=O) groups excluding carboxylic acids is 2. The average molecular weight is 614 g/mol. The molecule has 11 heteroatoms. The molecule has 0 spiro atoms. The van der Waals surface area contributed by atoms with Crippen LogP contribution in [0.15, 0.2) is 77.7 Å². The molecule has 2 amide bonds. The van der Waals surface area contributed by atoms with Gasteiger partial charge in [0.2, 0.25) is 11.8 Å². The molecule has 232 valence electrons. The maximum atomic E-state index is 14.1. The molecule has 0 aliphatic heterocycles. The van der Waals surface area contributed by atoms with Crippen molar-refractivity contribution in [1.82, 2.24) is 10.2 Å². The lowest BCUT2D eigenvalue weighted by molar-refractivity contribution is -0.140. The molecule has 0 saturated heterocycles. The lowest BCUT2D eigenvalue weighted by atomic mass is 10.1. The quantitative estimate of drug-likeness (QED) is 0.224. The summed E-state index contributed by atoms with van der Waals surface area (Å²) in [4.78, 5) is 28.7. The van der Waals surface area contributed by atoms with Crippen LogP contribution >= 0.6 is 0 Å². The van der Waals surface area contributed by atoms with Gasteiger partial charge in [-0.15, -0.1) is 0 Å². The Morgan fingerprint density at radius 2 is 1.53 bits per heavy atom. The second-order valence-electron chi connectivity index (χ2n) is 9.83. The van der Waals surface area contributed by atoms with E-state index in [9.17, 15) is 22.4 Å². The average Bonchev–Trinajstić information content (AvgIpc) is 3.01. The van der Waals surface area contributed by atoms with Gasteiger partial charge in [0.1, 0.15) is 29.9 Å². The predicted octanol–water partition coefficient (Wildman–Crippen LogP) is 5.15. The Morgan fingerprint density at radius 1 is 0.907 bits per heavy atom. The molecule has 9 nitrogen and oxygen atoms in total. The van der Waals surface area contributed by atoms with Crippen molar-refractivity contribution in [2.24, 2.45) is 0 Å². The van der Waals surface area contributed by atoms with Gasteiger partial charge >= 0.3 is 0 Å². The number of ether oxygens (including phenoxy) is 2. The highest BCUT2D eigenvalue weighted by atomic mass is 32.2. The van der Waals surface area contributed by atoms with Crippen LogP contribution in [-0.2, 0) is 26.2 Å². The molecule has 3 rings (SSSR count). The Morgan fingerprint density at radius 3 is 2.09 bits per heavy atom. The summed E-state index contributed by atoms with van der Waals surface area (Å²) < 4.78 is 53.3. The number of rotatable bonds is 16. The molecular formula is C32H40FN3O6S. The first-order chi connectivity index (χ1) is 20.6. The first-order valence-electron chi connectivity index (χ1n) is 14.4. The first kappa shape index (κ1) is 33.4. The molecule has 1 N–H and O–H groups in total. The molecule has 1 atom stereocenters. The summed E-state index contributed by atoms with van der Waals surface area (Å²) in [6, 6.07) is 16.9. The third kappa shape index (κ3) is 8.93. The molecule has 0 fully saturated rings. The minimum Gasteiger partial charge on any atom is -0.497 e. The standard InChI is InChI=1S/C32H40FN3O6S/c1-5-8-21-34-32(38)30(6-2)35(22-24-9-15-27(41-4)16-10-24)31(37)23-36(26-13-11-25(33)12-14-26)43(39,40)29-19-17-28(18-20-29)42-7-3/h9-20,30H,5-8,21-23H2,1-4H3,(H,34,38)/t30-/m0/s1. The summed E-state index contributed by atoms with van der Waals surface area (Å²) in [6.07, 6.45) is 1.98. The zero-order valence-electron chi connectivity index (χ0n) is 25.1. The van der Waals surface area contributed by atoms with E-state index >= 15 is 0 Å². The largest absolute Gasteiger partial charge is 0.497 e. The summed E-state index contributed by atoms with van der Waals surface area (Å²) in [7, 11) is -2.74. The Bertz CT molecular complexity index is 1430. The maximum absolute atomic E-state index is 14.1. The predicted molar refractivity (Wildman–Crippen MR) is 164 cm³/mol. The van der Waals surface area contributed by atoms with Crippen molar-refractivity contribution in [3.05, 3.63) is 84.2 Å². The van der Waals surface area contributed by atoms with E-state index in [0.717, 1.165) is 34.8 Å². The lowest BCUT2D eigenvalue weighted by Crippen LogP contribution is -2.52. The van der Waals surface area contributed by atoms with Crippen molar-refractivity contribution in [3.63, 3.8) is 0 Å². The van der Waals surface area contributed by atoms with E-state index in [4.69, 9.17) is 9.47 Å². The Labute approximate surface area is 253 Å². The van der Waals surface area contributed by atoms with Crippen molar-refractivity contribution in [2.75, 3.05) is 31.1 Å². The minimum absolute atomic E-state index is 0.0584. The highest BCUT2D eigenvalue weighted by Gasteiger charge is 2.33. The van der Waals surface area contributed by atoms with E-state index in [1.807, 2.05) is 13.8 Å². The van der Waals surface area contributed by atoms with Crippen LogP contribution in [0, 0.1) is 5.82 Å². The van der Waals surface area contributed by atoms with Gasteiger partial charge in [0.25, 0.3) is 10.0 Å². The number of nitrogens with one attached hydrogen (secondary N) is 1. The zero-order valence-corrected chi connectivity index (χ0v) is 25.9. The molecule has 0 unspecified atom stereocenters. The summed E-state index contributed by atoms with van der Waals surface area (Å²) in [5, 5.41) is 2.90. The van der Waals surface area contributed by atoms with E-state index in [0.29, 0.717) is 31.1 Å². The van der Waals surface area contributed by atoms with Gasteiger partial charge in [-0.25, -0.2) is 12.8 Å². The smallest absolute Gasteiger partial charge is 0.264 e. The van der Waals surface area contributed by atoms with E-state index in [1.165, 1.54) is 41.3 Å². The number of anilines is 1. The Hall–Kier alpha value is -4.12. The van der Waals surface area contributed by atoms with Gasteiger partial charge in [0.15, 0.2) is 0 Å². The SMILES string of the molecule is CCCCNC(=O)[C@H](CC)N(Cc1ccc(OC)cc1)C(=O)CN(c1ccc(F)cc1)S(=O)(=O)c1ccc(OCC)cc1. The fourth-order valence-corrected chi connectivity index (χ4v) is 5.91. The Balaban J connectivity index is 2.02. The van der Waals surface area contributed by atoms with Crippen LogP contribution in [-0.4, -0.2) is 58.0 Å². The fourth-order valence-electron chi connectivity index (χ4n) is 4.49. The number of benzene rings is 3. The Kier molecular flexibility index (Phi) is 12.4. The van der Waals surface area contributed by atoms with Crippen LogP contribution < -0.4 is 19.1 Å². The van der Waals surface area contributed by atoms with Crippen molar-refractivity contribution < 1.29 is 31.9 Å². The van der Waals surface area contributed by atoms with Crippen LogP contribution in [0.1, 0.15) is 45.6 Å². The van der Waals surface area contributed by atoms with Crippen molar-refractivity contribution in [3.8, 4) is 11.5 Å². The van der Waals surface area contributed by atoms with E-state index in [2.05, 4.69) is 5.32 Å². The van der Waals surface area contributed by atoms with E-state index in [-0.39, 0.29) is 23.0 Å². The lowest BCUT2D eigenvalue weighted by Gasteiger charge is -2.33. The molecular weight excluding hydrogens is 573 g/mol. The van der Waals surface area contributed by atoms with Crippen LogP contribution in [0.4, 0.5) is 10.1 Å². The molecule has 0 bridgehead atoms. The summed E-state index contributed by atoms with van der Waals surface area (Å²) in [6.45, 7) is 5.95. The second kappa shape index (κ2) is 15.9. The second-order valence-corrected chi connectivity index (χ2v) is 11.7. The normalized spacial score (nSPS) is 11.8. The van der Waals surface area contributed by atoms with Crippen LogP contribution in [0.2, 0.25) is 0 Å². The van der Waals surface area contributed by atoms with E-state index < -0.39 is 34.3 Å². The van der Waals surface area contributed by atoms with Gasteiger partial charge < -0.3 is 19.7 Å². The van der Waals surface area contributed by atoms with Gasteiger partial charge in [0.05, 0.1) is 24.3 Å². The third-order valence-electron chi connectivity index (χ3n) is 6.84. The number of methoxy groups -OCH3 is 1. The molecule has 0 aromatic heterocycles. The number of hydrogen-bond donors (Lipinski definition) is 1. The number of nitrogens with zero attached hydrogens (tertiary/aromatic N) is 2. The zero-order chi connectivity index (χ0) is 31.4. The van der Waals surface area contributed by atoms with Crippen LogP contribution in [0.25, 0.3) is 0 Å². The molecule has 0 aliphatic carbocycles. The van der Waals surface area contributed by atoms with Crippen LogP contribution in [0.5, 0.6) is 11.5 Å². The van der Waals surface area contributed by atoms with Gasteiger partial charge in [-0.05, 0) is 86.0 Å². The van der Waals surface area contributed by atoms with Gasteiger partial charge in [-0.2, -0.15) is 0 Å². The highest BCUT2D eigenvalue weighted by molar-refractivity contribution is 7.92. The number of unbranched alkanes of at least 4 members (excludes halogenated alkanes) is 1. The first-order valence-corrected chi connectivity index (χ1v) is 15.8. The van der Waals surface area contributed by atoms with Crippen molar-refractivity contribution in [1.29, 1.82) is 0 Å². The van der Waals surface area contributed by atoms with Gasteiger partial charge in [-0.3, -0.25) is 13.9 Å².